The Bertz CT molecular complexity index is 1080. The molecule has 1 amide bonds. The van der Waals surface area contributed by atoms with E-state index in [-0.39, 0.29) is 11.7 Å². The summed E-state index contributed by atoms with van der Waals surface area (Å²) in [6, 6.07) is 13.7. The van der Waals surface area contributed by atoms with Gasteiger partial charge in [-0.2, -0.15) is 4.98 Å². The van der Waals surface area contributed by atoms with Crippen molar-refractivity contribution in [2.24, 2.45) is 0 Å². The van der Waals surface area contributed by atoms with Gasteiger partial charge >= 0.3 is 0 Å². The van der Waals surface area contributed by atoms with E-state index < -0.39 is 15.7 Å². The van der Waals surface area contributed by atoms with Crippen LogP contribution in [0.3, 0.4) is 0 Å². The fraction of sp³-hybridized carbons (Fsp3) is 0.167. The van der Waals surface area contributed by atoms with Gasteiger partial charge in [0.2, 0.25) is 5.95 Å². The molecule has 9 heteroatoms. The van der Waals surface area contributed by atoms with Crippen LogP contribution >= 0.6 is 0 Å². The van der Waals surface area contributed by atoms with E-state index in [4.69, 9.17) is 4.74 Å². The van der Waals surface area contributed by atoms with Gasteiger partial charge in [-0.25, -0.2) is 8.42 Å². The van der Waals surface area contributed by atoms with Crippen LogP contribution in [0.1, 0.15) is 15.9 Å². The maximum Gasteiger partial charge on any atom is 0.258 e. The Morgan fingerprint density at radius 1 is 1.19 bits per heavy atom. The molecule has 0 fully saturated rings. The second kappa shape index (κ2) is 7.58. The molecule has 0 saturated carbocycles. The number of ether oxygens (including phenoxy) is 1. The third-order valence-corrected chi connectivity index (χ3v) is 4.55. The topological polar surface area (TPSA) is 114 Å². The first kappa shape index (κ1) is 18.6. The lowest BCUT2D eigenvalue weighted by Gasteiger charge is -2.05. The van der Waals surface area contributed by atoms with E-state index in [1.54, 1.807) is 31.4 Å². The number of benzene rings is 2. The normalized spacial score (nSPS) is 11.2. The molecule has 0 spiro atoms. The number of aromatic nitrogens is 3. The molecule has 0 unspecified atom stereocenters. The minimum absolute atomic E-state index is 0.106. The predicted molar refractivity (Wildman–Crippen MR) is 101 cm³/mol. The zero-order valence-corrected chi connectivity index (χ0v) is 15.6. The first-order valence-electron chi connectivity index (χ1n) is 7.99. The molecule has 2 aromatic carbocycles. The fourth-order valence-corrected chi connectivity index (χ4v) is 3.34. The van der Waals surface area contributed by atoms with E-state index in [0.29, 0.717) is 28.3 Å². The second-order valence-electron chi connectivity index (χ2n) is 5.93. The highest BCUT2D eigenvalue weighted by atomic mass is 32.2. The van der Waals surface area contributed by atoms with E-state index in [9.17, 15) is 13.2 Å². The zero-order chi connectivity index (χ0) is 19.4. The van der Waals surface area contributed by atoms with Crippen molar-refractivity contribution < 1.29 is 17.9 Å². The van der Waals surface area contributed by atoms with Crippen molar-refractivity contribution in [3.63, 3.8) is 0 Å². The van der Waals surface area contributed by atoms with E-state index in [0.717, 1.165) is 6.26 Å². The minimum atomic E-state index is -3.19. The Hall–Kier alpha value is -3.20. The van der Waals surface area contributed by atoms with Gasteiger partial charge in [-0.3, -0.25) is 15.2 Å². The molecule has 1 heterocycles. The van der Waals surface area contributed by atoms with Crippen LogP contribution in [0.5, 0.6) is 5.75 Å². The van der Waals surface area contributed by atoms with Crippen LogP contribution in [0.15, 0.2) is 48.5 Å². The van der Waals surface area contributed by atoms with Crippen molar-refractivity contribution in [2.75, 3.05) is 18.7 Å². The van der Waals surface area contributed by atoms with Crippen LogP contribution in [-0.4, -0.2) is 42.9 Å². The molecule has 1 aromatic heterocycles. The fourth-order valence-electron chi connectivity index (χ4n) is 2.56. The average molecular weight is 386 g/mol. The van der Waals surface area contributed by atoms with Crippen molar-refractivity contribution in [3.8, 4) is 17.1 Å². The number of nitrogens with zero attached hydrogens (tertiary/aromatic N) is 2. The van der Waals surface area contributed by atoms with Gasteiger partial charge in [0.05, 0.1) is 18.4 Å². The van der Waals surface area contributed by atoms with E-state index in [1.807, 2.05) is 18.2 Å². The molecule has 0 bridgehead atoms. The quantitative estimate of drug-likeness (QED) is 0.672. The average Bonchev–Trinajstić information content (AvgIpc) is 3.08. The largest absolute Gasteiger partial charge is 0.496 e. The van der Waals surface area contributed by atoms with Crippen LogP contribution in [0.25, 0.3) is 11.4 Å². The number of aromatic amines is 1. The maximum atomic E-state index is 12.4. The van der Waals surface area contributed by atoms with Crippen molar-refractivity contribution in [3.05, 3.63) is 59.7 Å². The molecule has 0 atom stereocenters. The summed E-state index contributed by atoms with van der Waals surface area (Å²) in [5.74, 6) is 0.617. The van der Waals surface area contributed by atoms with Crippen LogP contribution < -0.4 is 10.1 Å². The van der Waals surface area contributed by atoms with Gasteiger partial charge in [0.15, 0.2) is 15.7 Å². The summed E-state index contributed by atoms with van der Waals surface area (Å²) in [6.07, 6.45) is 1.15. The number of anilines is 1. The van der Waals surface area contributed by atoms with Gasteiger partial charge in [0, 0.05) is 11.8 Å². The molecule has 0 aliphatic heterocycles. The molecule has 2 N–H and O–H groups in total. The maximum absolute atomic E-state index is 12.4. The lowest BCUT2D eigenvalue weighted by atomic mass is 10.1. The highest BCUT2D eigenvalue weighted by molar-refractivity contribution is 7.89. The van der Waals surface area contributed by atoms with Gasteiger partial charge in [-0.1, -0.05) is 24.3 Å². The van der Waals surface area contributed by atoms with E-state index in [1.165, 1.54) is 6.07 Å². The van der Waals surface area contributed by atoms with Crippen LogP contribution in [0, 0.1) is 0 Å². The minimum Gasteiger partial charge on any atom is -0.496 e. The summed E-state index contributed by atoms with van der Waals surface area (Å²) in [5.41, 5.74) is 1.57. The number of para-hydroxylation sites is 1. The Kier molecular flexibility index (Phi) is 5.22. The summed E-state index contributed by atoms with van der Waals surface area (Å²) in [6.45, 7) is 0. The van der Waals surface area contributed by atoms with Crippen molar-refractivity contribution >= 4 is 21.7 Å². The van der Waals surface area contributed by atoms with Crippen molar-refractivity contribution in [2.45, 2.75) is 5.75 Å². The SMILES string of the molecule is COc1ccccc1-c1nc(NC(=O)c2cccc(CS(C)(=O)=O)c2)n[nH]1. The Morgan fingerprint density at radius 2 is 1.96 bits per heavy atom. The third kappa shape index (κ3) is 4.70. The Balaban J connectivity index is 1.78. The number of amides is 1. The molecule has 140 valence electrons. The van der Waals surface area contributed by atoms with Crippen LogP contribution in [0.2, 0.25) is 0 Å². The van der Waals surface area contributed by atoms with Gasteiger partial charge in [-0.15, -0.1) is 5.10 Å². The Morgan fingerprint density at radius 3 is 2.70 bits per heavy atom. The highest BCUT2D eigenvalue weighted by Gasteiger charge is 2.14. The van der Waals surface area contributed by atoms with Crippen molar-refractivity contribution in [1.29, 1.82) is 0 Å². The smallest absolute Gasteiger partial charge is 0.258 e. The second-order valence-corrected chi connectivity index (χ2v) is 8.07. The standard InChI is InChI=1S/C18H18N4O4S/c1-26-15-9-4-3-8-14(15)16-19-18(22-21-16)20-17(23)13-7-5-6-12(10-13)11-27(2,24)25/h3-10H,11H2,1-2H3,(H2,19,20,21,22,23). The van der Waals surface area contributed by atoms with Gasteiger partial charge in [-0.05, 0) is 29.8 Å². The predicted octanol–water partition coefficient (Wildman–Crippen LogP) is 2.28. The molecular weight excluding hydrogens is 368 g/mol. The summed E-state index contributed by atoms with van der Waals surface area (Å²) in [7, 11) is -1.63. The number of hydrogen-bond donors (Lipinski definition) is 2. The molecule has 3 aromatic rings. The molecule has 3 rings (SSSR count). The first-order chi connectivity index (χ1) is 12.9. The molecule has 0 radical (unpaired) electrons. The number of carbonyl (C=O) groups is 1. The van der Waals surface area contributed by atoms with Gasteiger partial charge in [0.1, 0.15) is 5.75 Å². The number of H-pyrrole nitrogens is 1. The van der Waals surface area contributed by atoms with E-state index in [2.05, 4.69) is 20.5 Å². The molecule has 0 saturated heterocycles. The molecule has 27 heavy (non-hydrogen) atoms. The Labute approximate surface area is 156 Å². The summed E-state index contributed by atoms with van der Waals surface area (Å²) in [5, 5.41) is 9.35. The molecular formula is C18H18N4O4S. The summed E-state index contributed by atoms with van der Waals surface area (Å²) >= 11 is 0. The van der Waals surface area contributed by atoms with Crippen LogP contribution in [0.4, 0.5) is 5.95 Å². The first-order valence-corrected chi connectivity index (χ1v) is 10.1. The highest BCUT2D eigenvalue weighted by Crippen LogP contribution is 2.27. The van der Waals surface area contributed by atoms with E-state index >= 15 is 0 Å². The lowest BCUT2D eigenvalue weighted by molar-refractivity contribution is 0.102. The van der Waals surface area contributed by atoms with Gasteiger partial charge < -0.3 is 4.74 Å². The molecule has 0 aliphatic carbocycles. The third-order valence-electron chi connectivity index (χ3n) is 3.69. The summed E-state index contributed by atoms with van der Waals surface area (Å²) in [4.78, 5) is 16.7. The molecule has 8 nitrogen and oxygen atoms in total. The molecule has 0 aliphatic rings. The number of rotatable bonds is 6. The number of carbonyl (C=O) groups excluding carboxylic acids is 1. The number of nitrogens with one attached hydrogen (secondary N) is 2. The number of hydrogen-bond acceptors (Lipinski definition) is 6. The van der Waals surface area contributed by atoms with Gasteiger partial charge in [0.25, 0.3) is 5.91 Å². The van der Waals surface area contributed by atoms with Crippen molar-refractivity contribution in [1.82, 2.24) is 15.2 Å². The number of methoxy groups -OCH3 is 1. The lowest BCUT2D eigenvalue weighted by Crippen LogP contribution is -2.13. The zero-order valence-electron chi connectivity index (χ0n) is 14.8. The van der Waals surface area contributed by atoms with Crippen LogP contribution in [-0.2, 0) is 15.6 Å². The number of sulfone groups is 1. The monoisotopic (exact) mass is 386 g/mol. The summed E-state index contributed by atoms with van der Waals surface area (Å²) < 4.78 is 28.1.